The molecule has 2 aromatic rings. The molecule has 8 heteroatoms. The van der Waals surface area contributed by atoms with Gasteiger partial charge < -0.3 is 24.1 Å². The zero-order valence-corrected chi connectivity index (χ0v) is 15.7. The number of methoxy groups -OCH3 is 3. The first kappa shape index (κ1) is 19.0. The summed E-state index contributed by atoms with van der Waals surface area (Å²) < 4.78 is 17.7. The van der Waals surface area contributed by atoms with Crippen molar-refractivity contribution in [3.05, 3.63) is 18.3 Å². The van der Waals surface area contributed by atoms with Crippen LogP contribution in [0.1, 0.15) is 6.92 Å². The van der Waals surface area contributed by atoms with Crippen molar-refractivity contribution in [2.75, 3.05) is 27.1 Å². The highest BCUT2D eigenvalue weighted by molar-refractivity contribution is 7.99. The summed E-state index contributed by atoms with van der Waals surface area (Å²) in [5, 5.41) is 3.59. The fraction of sp³-hybridized carbons (Fsp3) is 0.412. The quantitative estimate of drug-likeness (QED) is 0.596. The van der Waals surface area contributed by atoms with Crippen molar-refractivity contribution in [3.63, 3.8) is 0 Å². The molecule has 1 N–H and O–H groups in total. The predicted octanol–water partition coefficient (Wildman–Crippen LogP) is 1.97. The summed E-state index contributed by atoms with van der Waals surface area (Å²) in [5.41, 5.74) is 0.981. The van der Waals surface area contributed by atoms with Crippen molar-refractivity contribution in [1.82, 2.24) is 9.88 Å². The summed E-state index contributed by atoms with van der Waals surface area (Å²) in [7, 11) is 6.39. The minimum absolute atomic E-state index is 0.293. The second kappa shape index (κ2) is 8.15. The summed E-state index contributed by atoms with van der Waals surface area (Å²) in [5.74, 6) is 0.721. The Morgan fingerprint density at radius 2 is 2.00 bits per heavy atom. The van der Waals surface area contributed by atoms with Crippen LogP contribution in [0.25, 0.3) is 10.9 Å². The largest absolute Gasteiger partial charge is 0.493 e. The van der Waals surface area contributed by atoms with Crippen LogP contribution in [0.15, 0.2) is 23.2 Å². The highest BCUT2D eigenvalue weighted by atomic mass is 32.2. The standard InChI is InChI=1S/C17H22N2O5S/c1-10(20)18-12(17(21)24-5)9-25-16-11-6-7-19(2)13(11)8-14(22-3)15(16)23-4/h6-8,12H,9H2,1-5H3,(H,18,20). The Morgan fingerprint density at radius 1 is 1.28 bits per heavy atom. The minimum atomic E-state index is -0.748. The van der Waals surface area contributed by atoms with Crippen LogP contribution in [0.5, 0.6) is 11.5 Å². The number of aryl methyl sites for hydroxylation is 1. The van der Waals surface area contributed by atoms with Crippen LogP contribution in [-0.2, 0) is 21.4 Å². The Bertz CT molecular complexity index is 787. The Balaban J connectivity index is 2.41. The predicted molar refractivity (Wildman–Crippen MR) is 96.4 cm³/mol. The van der Waals surface area contributed by atoms with Crippen molar-refractivity contribution in [2.45, 2.75) is 17.9 Å². The molecule has 0 saturated carbocycles. The van der Waals surface area contributed by atoms with Crippen LogP contribution in [0.4, 0.5) is 0 Å². The fourth-order valence-corrected chi connectivity index (χ4v) is 3.74. The summed E-state index contributed by atoms with van der Waals surface area (Å²) >= 11 is 1.40. The van der Waals surface area contributed by atoms with Gasteiger partial charge in [-0.05, 0) is 6.07 Å². The molecule has 0 spiro atoms. The molecule has 1 unspecified atom stereocenters. The highest BCUT2D eigenvalue weighted by Crippen LogP contribution is 2.43. The Kier molecular flexibility index (Phi) is 6.19. The number of benzene rings is 1. The molecule has 0 aliphatic heterocycles. The number of ether oxygens (including phenoxy) is 3. The average molecular weight is 366 g/mol. The SMILES string of the molecule is COC(=O)C(CSc1c(OC)c(OC)cc2c1ccn2C)NC(C)=O. The molecular formula is C17H22N2O5S. The molecule has 0 bridgehead atoms. The molecular weight excluding hydrogens is 344 g/mol. The van der Waals surface area contributed by atoms with Gasteiger partial charge in [-0.15, -0.1) is 11.8 Å². The lowest BCUT2D eigenvalue weighted by Gasteiger charge is -2.18. The van der Waals surface area contributed by atoms with Gasteiger partial charge in [0, 0.05) is 37.4 Å². The van der Waals surface area contributed by atoms with E-state index in [0.717, 1.165) is 15.8 Å². The lowest BCUT2D eigenvalue weighted by atomic mass is 10.2. The molecule has 1 aromatic heterocycles. The third-order valence-corrected chi connectivity index (χ3v) is 4.94. The lowest BCUT2D eigenvalue weighted by molar-refractivity contribution is -0.144. The number of nitrogens with zero attached hydrogens (tertiary/aromatic N) is 1. The number of carbonyl (C=O) groups excluding carboxylic acids is 2. The summed E-state index contributed by atoms with van der Waals surface area (Å²) in [6.07, 6.45) is 1.94. The normalized spacial score (nSPS) is 11.9. The number of esters is 1. The number of carbonyl (C=O) groups is 2. The number of aromatic nitrogens is 1. The second-order valence-electron chi connectivity index (χ2n) is 5.39. The molecule has 0 aliphatic carbocycles. The zero-order valence-electron chi connectivity index (χ0n) is 14.9. The van der Waals surface area contributed by atoms with Crippen LogP contribution < -0.4 is 14.8 Å². The van der Waals surface area contributed by atoms with Gasteiger partial charge in [-0.25, -0.2) is 4.79 Å². The first-order chi connectivity index (χ1) is 11.9. The van der Waals surface area contributed by atoms with E-state index in [1.54, 1.807) is 14.2 Å². The van der Waals surface area contributed by atoms with E-state index in [4.69, 9.17) is 14.2 Å². The topological polar surface area (TPSA) is 78.8 Å². The molecule has 1 amide bonds. The van der Waals surface area contributed by atoms with Gasteiger partial charge in [0.1, 0.15) is 6.04 Å². The third-order valence-electron chi connectivity index (χ3n) is 3.74. The van der Waals surface area contributed by atoms with E-state index in [0.29, 0.717) is 17.3 Å². The monoisotopic (exact) mass is 366 g/mol. The van der Waals surface area contributed by atoms with Gasteiger partial charge in [-0.3, -0.25) is 4.79 Å². The molecule has 25 heavy (non-hydrogen) atoms. The van der Waals surface area contributed by atoms with Crippen molar-refractivity contribution in [3.8, 4) is 11.5 Å². The van der Waals surface area contributed by atoms with Gasteiger partial charge in [0.25, 0.3) is 0 Å². The maximum absolute atomic E-state index is 11.9. The van der Waals surface area contributed by atoms with E-state index in [9.17, 15) is 9.59 Å². The summed E-state index contributed by atoms with van der Waals surface area (Å²) in [6, 6.07) is 3.14. The molecule has 1 atom stereocenters. The maximum Gasteiger partial charge on any atom is 0.329 e. The summed E-state index contributed by atoms with van der Waals surface area (Å²) in [6.45, 7) is 1.36. The average Bonchev–Trinajstić information content (AvgIpc) is 2.97. The molecule has 0 fully saturated rings. The highest BCUT2D eigenvalue weighted by Gasteiger charge is 2.23. The Morgan fingerprint density at radius 3 is 2.56 bits per heavy atom. The molecule has 136 valence electrons. The van der Waals surface area contributed by atoms with E-state index in [2.05, 4.69) is 5.32 Å². The van der Waals surface area contributed by atoms with E-state index < -0.39 is 12.0 Å². The molecule has 1 aromatic carbocycles. The van der Waals surface area contributed by atoms with Crippen molar-refractivity contribution >= 4 is 34.5 Å². The van der Waals surface area contributed by atoms with Gasteiger partial charge in [-0.2, -0.15) is 0 Å². The second-order valence-corrected chi connectivity index (χ2v) is 6.42. The number of nitrogens with one attached hydrogen (secondary N) is 1. The first-order valence-corrected chi connectivity index (χ1v) is 8.59. The number of hydrogen-bond donors (Lipinski definition) is 1. The van der Waals surface area contributed by atoms with Gasteiger partial charge in [0.05, 0.1) is 31.7 Å². The number of rotatable bonds is 7. The molecule has 2 rings (SSSR count). The first-order valence-electron chi connectivity index (χ1n) is 7.60. The van der Waals surface area contributed by atoms with Gasteiger partial charge >= 0.3 is 5.97 Å². The third kappa shape index (κ3) is 4.01. The van der Waals surface area contributed by atoms with Crippen LogP contribution in [0.3, 0.4) is 0 Å². The number of amides is 1. The smallest absolute Gasteiger partial charge is 0.329 e. The van der Waals surface area contributed by atoms with Crippen LogP contribution in [0, 0.1) is 0 Å². The fourth-order valence-electron chi connectivity index (χ4n) is 2.55. The van der Waals surface area contributed by atoms with Gasteiger partial charge in [-0.1, -0.05) is 0 Å². The van der Waals surface area contributed by atoms with Crippen LogP contribution in [0.2, 0.25) is 0 Å². The number of fused-ring (bicyclic) bond motifs is 1. The van der Waals surface area contributed by atoms with Crippen molar-refractivity contribution in [1.29, 1.82) is 0 Å². The van der Waals surface area contributed by atoms with E-state index >= 15 is 0 Å². The van der Waals surface area contributed by atoms with Gasteiger partial charge in [0.15, 0.2) is 11.5 Å². The van der Waals surface area contributed by atoms with Crippen LogP contribution >= 0.6 is 11.8 Å². The zero-order chi connectivity index (χ0) is 18.6. The van der Waals surface area contributed by atoms with Crippen LogP contribution in [-0.4, -0.2) is 49.6 Å². The van der Waals surface area contributed by atoms with E-state index in [1.165, 1.54) is 25.8 Å². The summed E-state index contributed by atoms with van der Waals surface area (Å²) in [4.78, 5) is 24.1. The van der Waals surface area contributed by atoms with E-state index in [1.807, 2.05) is 29.9 Å². The Labute approximate surface area is 150 Å². The van der Waals surface area contributed by atoms with Gasteiger partial charge in [0.2, 0.25) is 5.91 Å². The molecule has 0 radical (unpaired) electrons. The number of hydrogen-bond acceptors (Lipinski definition) is 6. The van der Waals surface area contributed by atoms with Crippen molar-refractivity contribution in [2.24, 2.45) is 7.05 Å². The van der Waals surface area contributed by atoms with Crippen molar-refractivity contribution < 1.29 is 23.8 Å². The molecule has 7 nitrogen and oxygen atoms in total. The molecule has 0 saturated heterocycles. The van der Waals surface area contributed by atoms with E-state index in [-0.39, 0.29) is 5.91 Å². The minimum Gasteiger partial charge on any atom is -0.493 e. The lowest BCUT2D eigenvalue weighted by Crippen LogP contribution is -2.42. The maximum atomic E-state index is 11.9. The molecule has 0 aliphatic rings. The molecule has 1 heterocycles. The number of thioether (sulfide) groups is 1. The Hall–Kier alpha value is -2.35.